The van der Waals surface area contributed by atoms with Crippen LogP contribution in [0.4, 0.5) is 17.1 Å². The monoisotopic (exact) mass is 1360 g/mol. The third-order valence-corrected chi connectivity index (χ3v) is 21.4. The lowest BCUT2D eigenvalue weighted by Crippen LogP contribution is -2.09. The Kier molecular flexibility index (Phi) is 14.5. The summed E-state index contributed by atoms with van der Waals surface area (Å²) in [6, 6.07) is 140. The summed E-state index contributed by atoms with van der Waals surface area (Å²) in [5.41, 5.74) is 28.6. The number of nitrogens with zero attached hydrogens (tertiary/aromatic N) is 6. The topological polar surface area (TPSA) is 57.0 Å². The molecule has 21 aromatic rings. The molecule has 0 unspecified atom stereocenters. The van der Waals surface area contributed by atoms with E-state index in [1.807, 2.05) is 24.3 Å². The van der Waals surface area contributed by atoms with Crippen LogP contribution in [0.2, 0.25) is 0 Å². The van der Waals surface area contributed by atoms with E-state index in [0.717, 1.165) is 151 Å². The Hall–Kier alpha value is -14.4. The van der Waals surface area contributed by atoms with Crippen LogP contribution in [0.15, 0.2) is 393 Å². The lowest BCUT2D eigenvalue weighted by molar-refractivity contribution is 0.670. The maximum Gasteiger partial charge on any atom is 0.160 e. The van der Waals surface area contributed by atoms with E-state index < -0.39 is 0 Å². The minimum Gasteiger partial charge on any atom is -0.455 e. The number of fused-ring (bicyclic) bond motifs is 12. The molecular formula is C100H64N6O. The molecule has 5 aromatic heterocycles. The summed E-state index contributed by atoms with van der Waals surface area (Å²) in [4.78, 5) is 13.0. The number of aromatic nitrogens is 5. The van der Waals surface area contributed by atoms with Crippen LogP contribution in [0.1, 0.15) is 0 Å². The van der Waals surface area contributed by atoms with Crippen LogP contribution in [-0.2, 0) is 0 Å². The first kappa shape index (κ1) is 61.3. The fourth-order valence-electron chi connectivity index (χ4n) is 16.4. The Morgan fingerprint density at radius 1 is 0.215 bits per heavy atom. The Balaban J connectivity index is 0.645. The first-order valence-corrected chi connectivity index (χ1v) is 36.4. The third-order valence-electron chi connectivity index (χ3n) is 21.4. The summed E-state index contributed by atoms with van der Waals surface area (Å²) in [5.74, 6) is 0.671. The lowest BCUT2D eigenvalue weighted by atomic mass is 10.0. The smallest absolute Gasteiger partial charge is 0.160 e. The van der Waals surface area contributed by atoms with Crippen LogP contribution in [0.3, 0.4) is 0 Å². The average Bonchev–Trinajstić information content (AvgIpc) is 1.59. The summed E-state index contributed by atoms with van der Waals surface area (Å²) in [5, 5.41) is 9.38. The molecule has 500 valence electrons. The normalized spacial score (nSPS) is 11.7. The van der Waals surface area contributed by atoms with Gasteiger partial charge >= 0.3 is 0 Å². The summed E-state index contributed by atoms with van der Waals surface area (Å²) >= 11 is 0. The zero-order valence-electron chi connectivity index (χ0n) is 58.0. The second kappa shape index (κ2) is 25.2. The highest BCUT2D eigenvalue weighted by Crippen LogP contribution is 2.45. The van der Waals surface area contributed by atoms with Gasteiger partial charge in [0.25, 0.3) is 0 Å². The van der Waals surface area contributed by atoms with Crippen LogP contribution in [-0.4, -0.2) is 23.7 Å². The van der Waals surface area contributed by atoms with Gasteiger partial charge in [0.15, 0.2) is 5.82 Å². The molecule has 0 radical (unpaired) electrons. The van der Waals surface area contributed by atoms with Gasteiger partial charge in [0, 0.05) is 99.5 Å². The Morgan fingerprint density at radius 2 is 0.579 bits per heavy atom. The van der Waals surface area contributed by atoms with Crippen LogP contribution in [0, 0.1) is 0 Å². The van der Waals surface area contributed by atoms with Gasteiger partial charge in [0.1, 0.15) is 11.2 Å². The molecule has 0 aliphatic carbocycles. The molecule has 16 aromatic carbocycles. The Bertz CT molecular complexity index is 6920. The highest BCUT2D eigenvalue weighted by molar-refractivity contribution is 6.14. The van der Waals surface area contributed by atoms with Gasteiger partial charge in [-0.1, -0.05) is 261 Å². The van der Waals surface area contributed by atoms with Crippen molar-refractivity contribution < 1.29 is 4.42 Å². The summed E-state index contributed by atoms with van der Waals surface area (Å²) < 4.78 is 13.8. The summed E-state index contributed by atoms with van der Waals surface area (Å²) in [6.07, 6.45) is 0. The molecule has 0 aliphatic rings. The van der Waals surface area contributed by atoms with Crippen molar-refractivity contribution in [2.45, 2.75) is 0 Å². The van der Waals surface area contributed by atoms with E-state index in [1.54, 1.807) is 0 Å². The molecule has 107 heavy (non-hydrogen) atoms. The van der Waals surface area contributed by atoms with Crippen molar-refractivity contribution in [2.75, 3.05) is 4.90 Å². The Labute approximate surface area is 617 Å². The van der Waals surface area contributed by atoms with Crippen molar-refractivity contribution in [1.29, 1.82) is 0 Å². The van der Waals surface area contributed by atoms with Crippen molar-refractivity contribution >= 4 is 104 Å². The largest absolute Gasteiger partial charge is 0.455 e. The fraction of sp³-hybridized carbons (Fsp3) is 0. The number of rotatable bonds is 13. The second-order valence-electron chi connectivity index (χ2n) is 27.6. The SMILES string of the molecule is c1ccc(-c2ccc(N(c3ccc(-c4cccc(-n5c6ccccc6c6cc(-c7ccc8c(c7)c7ccccc7n8-c7cc(-c8cc(-c9ccccc9)nc(-c9ccccc9)n8)cc(-n8c9ccccc9c9ccccc98)c7)ccc65)c4)cc3)c3ccc(-c4cccc5c4oc4ccccc45)cc3)cc2)cc1. The van der Waals surface area contributed by atoms with Gasteiger partial charge in [-0.3, -0.25) is 0 Å². The molecule has 21 rings (SSSR count). The minimum absolute atomic E-state index is 0.671. The number of anilines is 3. The molecule has 0 N–H and O–H groups in total. The minimum atomic E-state index is 0.671. The van der Waals surface area contributed by atoms with Crippen molar-refractivity contribution in [2.24, 2.45) is 0 Å². The quantitative estimate of drug-likeness (QED) is 0.115. The highest BCUT2D eigenvalue weighted by atomic mass is 16.3. The first-order valence-electron chi connectivity index (χ1n) is 36.4. The van der Waals surface area contributed by atoms with Gasteiger partial charge in [-0.2, -0.15) is 0 Å². The third kappa shape index (κ3) is 10.5. The molecule has 7 nitrogen and oxygen atoms in total. The van der Waals surface area contributed by atoms with Crippen molar-refractivity contribution in [3.05, 3.63) is 388 Å². The molecule has 0 atom stereocenters. The van der Waals surface area contributed by atoms with Gasteiger partial charge in [-0.25, -0.2) is 9.97 Å². The van der Waals surface area contributed by atoms with E-state index in [-0.39, 0.29) is 0 Å². The van der Waals surface area contributed by atoms with Gasteiger partial charge in [0.05, 0.1) is 44.5 Å². The van der Waals surface area contributed by atoms with Crippen molar-refractivity contribution in [3.8, 4) is 95.5 Å². The van der Waals surface area contributed by atoms with E-state index in [1.165, 1.54) is 43.4 Å². The van der Waals surface area contributed by atoms with Crippen LogP contribution in [0.5, 0.6) is 0 Å². The summed E-state index contributed by atoms with van der Waals surface area (Å²) in [6.45, 7) is 0. The second-order valence-corrected chi connectivity index (χ2v) is 27.6. The molecule has 0 aliphatic heterocycles. The highest BCUT2D eigenvalue weighted by Gasteiger charge is 2.23. The zero-order valence-corrected chi connectivity index (χ0v) is 58.0. The molecule has 0 saturated heterocycles. The number of hydrogen-bond acceptors (Lipinski definition) is 4. The van der Waals surface area contributed by atoms with Crippen molar-refractivity contribution in [3.63, 3.8) is 0 Å². The zero-order chi connectivity index (χ0) is 70.5. The standard InChI is InChI=1S/C100H64N6O/c1-4-22-65(23-5-1)66-42-50-75(51-43-66)103(77-54-46-68(47-55-77)81-35-21-36-87-86-34-14-19-41-98(86)107-99(81)87)76-52-44-67(45-53-76)71-28-20-29-78(58-71)104-94-39-17-12-32-84(94)88-61-72(48-56-96(88)104)73-49-57-97-89(62-73)85-33-13-18-40-95(85)106(97)80-60-74(59-79(63-80)105-92-37-15-10-30-82(92)83-31-11-16-38-93(83)105)91-64-90(69-24-6-2-7-25-69)101-100(102-91)70-26-8-3-9-27-70/h1-64H. The number of para-hydroxylation sites is 6. The average molecular weight is 1370 g/mol. The van der Waals surface area contributed by atoms with Gasteiger partial charge in [-0.15, -0.1) is 0 Å². The fourth-order valence-corrected chi connectivity index (χ4v) is 16.4. The summed E-state index contributed by atoms with van der Waals surface area (Å²) in [7, 11) is 0. The van der Waals surface area contributed by atoms with E-state index in [4.69, 9.17) is 14.4 Å². The molecule has 0 fully saturated rings. The van der Waals surface area contributed by atoms with Crippen LogP contribution >= 0.6 is 0 Å². The van der Waals surface area contributed by atoms with Gasteiger partial charge in [-0.05, 0) is 166 Å². The van der Waals surface area contributed by atoms with E-state index in [9.17, 15) is 0 Å². The molecule has 0 amide bonds. The Morgan fingerprint density at radius 3 is 1.12 bits per heavy atom. The maximum atomic E-state index is 6.50. The number of hydrogen-bond donors (Lipinski definition) is 0. The van der Waals surface area contributed by atoms with Gasteiger partial charge in [0.2, 0.25) is 0 Å². The molecule has 0 spiro atoms. The molecule has 0 saturated carbocycles. The molecule has 7 heteroatoms. The van der Waals surface area contributed by atoms with E-state index in [2.05, 4.69) is 383 Å². The van der Waals surface area contributed by atoms with Crippen LogP contribution < -0.4 is 4.90 Å². The molecular weight excluding hydrogens is 1300 g/mol. The molecule has 0 bridgehead atoms. The lowest BCUT2D eigenvalue weighted by Gasteiger charge is -2.26. The predicted molar refractivity (Wildman–Crippen MR) is 445 cm³/mol. The number of furan rings is 1. The first-order chi connectivity index (χ1) is 53.0. The van der Waals surface area contributed by atoms with E-state index >= 15 is 0 Å². The maximum absolute atomic E-state index is 6.50. The van der Waals surface area contributed by atoms with Crippen molar-refractivity contribution in [1.82, 2.24) is 23.7 Å². The van der Waals surface area contributed by atoms with E-state index in [0.29, 0.717) is 5.82 Å². The van der Waals surface area contributed by atoms with Gasteiger partial charge < -0.3 is 23.0 Å². The predicted octanol–water partition coefficient (Wildman–Crippen LogP) is 26.8. The molecule has 5 heterocycles. The van der Waals surface area contributed by atoms with Crippen LogP contribution in [0.25, 0.3) is 183 Å². The number of benzene rings is 16.